The van der Waals surface area contributed by atoms with Crippen LogP contribution in [0.5, 0.6) is 0 Å². The predicted octanol–water partition coefficient (Wildman–Crippen LogP) is 14.0. The van der Waals surface area contributed by atoms with Crippen LogP contribution < -0.4 is 31.1 Å². The van der Waals surface area contributed by atoms with Crippen LogP contribution in [-0.2, 0) is 21.7 Å². The standard InChI is InChI=1S/C58H66BN3/c1-37-16-23-44(24-17-37)61-49-29-18-38(2)32-47(49)59-48-34-41(56(9,10)11)33-46-53(48)62(58(13)31-15-14-30-57(46,58)12)51-36-45(35-50(61)52(51)59)60(42-25-19-39(20-26-42)54(3,4)5)43-27-21-40(22-28-43)55(6,7)8/h16-29,32-36H,14-15,30-31H2,1-13H3. The summed E-state index contributed by atoms with van der Waals surface area (Å²) in [6, 6.07) is 45.5. The highest BCUT2D eigenvalue weighted by Crippen LogP contribution is 2.62. The van der Waals surface area contributed by atoms with E-state index in [9.17, 15) is 0 Å². The van der Waals surface area contributed by atoms with Gasteiger partial charge in [-0.1, -0.05) is 154 Å². The summed E-state index contributed by atoms with van der Waals surface area (Å²) >= 11 is 0. The zero-order valence-electron chi connectivity index (χ0n) is 39.7. The van der Waals surface area contributed by atoms with Crippen LogP contribution in [0, 0.1) is 13.8 Å². The summed E-state index contributed by atoms with van der Waals surface area (Å²) in [7, 11) is 0. The average Bonchev–Trinajstić information content (AvgIpc) is 3.43. The van der Waals surface area contributed by atoms with Crippen molar-refractivity contribution in [3.63, 3.8) is 0 Å². The lowest BCUT2D eigenvalue weighted by molar-refractivity contribution is 0.195. The molecule has 6 aromatic carbocycles. The second-order valence-electron chi connectivity index (χ2n) is 22.9. The molecule has 6 aromatic rings. The van der Waals surface area contributed by atoms with Crippen molar-refractivity contribution in [1.29, 1.82) is 0 Å². The Kier molecular flexibility index (Phi) is 8.98. The topological polar surface area (TPSA) is 9.72 Å². The second-order valence-corrected chi connectivity index (χ2v) is 22.9. The van der Waals surface area contributed by atoms with Crippen LogP contribution in [0.4, 0.5) is 45.5 Å². The smallest absolute Gasteiger partial charge is 0.252 e. The first kappa shape index (κ1) is 40.8. The normalized spacial score (nSPS) is 20.1. The van der Waals surface area contributed by atoms with Gasteiger partial charge in [-0.25, -0.2) is 0 Å². The number of hydrogen-bond donors (Lipinski definition) is 0. The van der Waals surface area contributed by atoms with Crippen molar-refractivity contribution in [3.8, 4) is 0 Å². The minimum Gasteiger partial charge on any atom is -0.335 e. The molecule has 3 aliphatic heterocycles. The van der Waals surface area contributed by atoms with Crippen LogP contribution in [0.1, 0.15) is 135 Å². The Morgan fingerprint density at radius 1 is 0.516 bits per heavy atom. The Hall–Kier alpha value is -5.22. The summed E-state index contributed by atoms with van der Waals surface area (Å²) in [6.45, 7) is 30.8. The van der Waals surface area contributed by atoms with E-state index < -0.39 is 0 Å². The third-order valence-electron chi connectivity index (χ3n) is 15.6. The number of aryl methyl sites for hydroxylation is 2. The van der Waals surface area contributed by atoms with Crippen molar-refractivity contribution in [1.82, 2.24) is 0 Å². The van der Waals surface area contributed by atoms with E-state index in [0.29, 0.717) is 0 Å². The molecule has 3 nitrogen and oxygen atoms in total. The number of nitrogens with zero attached hydrogens (tertiary/aromatic N) is 3. The maximum Gasteiger partial charge on any atom is 0.252 e. The van der Waals surface area contributed by atoms with Crippen molar-refractivity contribution in [2.24, 2.45) is 0 Å². The minimum atomic E-state index is -0.0919. The number of fused-ring (bicyclic) bond motifs is 7. The largest absolute Gasteiger partial charge is 0.335 e. The molecular formula is C58H66BN3. The molecule has 0 N–H and O–H groups in total. The van der Waals surface area contributed by atoms with Crippen molar-refractivity contribution in [2.45, 2.75) is 143 Å². The molecule has 4 aliphatic rings. The molecule has 62 heavy (non-hydrogen) atoms. The van der Waals surface area contributed by atoms with E-state index in [1.165, 1.54) is 109 Å². The van der Waals surface area contributed by atoms with E-state index in [1.54, 1.807) is 5.56 Å². The Balaban J connectivity index is 1.33. The fraction of sp³-hybridized carbons (Fsp3) is 0.379. The summed E-state index contributed by atoms with van der Waals surface area (Å²) in [5.74, 6) is 0. The molecule has 1 saturated carbocycles. The number of hydrogen-bond acceptors (Lipinski definition) is 3. The van der Waals surface area contributed by atoms with Gasteiger partial charge in [-0.05, 0) is 143 Å². The summed E-state index contributed by atoms with van der Waals surface area (Å²) < 4.78 is 0. The third-order valence-corrected chi connectivity index (χ3v) is 15.6. The van der Waals surface area contributed by atoms with Crippen LogP contribution in [0.2, 0.25) is 0 Å². The molecule has 0 aromatic heterocycles. The molecule has 2 atom stereocenters. The molecule has 1 aliphatic carbocycles. The summed E-state index contributed by atoms with van der Waals surface area (Å²) in [6.07, 6.45) is 4.87. The number of benzene rings is 6. The number of anilines is 8. The fourth-order valence-electron chi connectivity index (χ4n) is 11.7. The van der Waals surface area contributed by atoms with Crippen LogP contribution >= 0.6 is 0 Å². The molecule has 0 radical (unpaired) electrons. The molecular weight excluding hydrogens is 749 g/mol. The monoisotopic (exact) mass is 816 g/mol. The number of rotatable bonds is 4. The molecule has 0 saturated heterocycles. The molecule has 1 fully saturated rings. The van der Waals surface area contributed by atoms with Gasteiger partial charge in [-0.2, -0.15) is 0 Å². The Morgan fingerprint density at radius 3 is 1.65 bits per heavy atom. The molecule has 3 heterocycles. The van der Waals surface area contributed by atoms with Crippen LogP contribution in [-0.4, -0.2) is 12.3 Å². The third kappa shape index (κ3) is 6.05. The predicted molar refractivity (Wildman–Crippen MR) is 269 cm³/mol. The van der Waals surface area contributed by atoms with Gasteiger partial charge in [0.15, 0.2) is 0 Å². The van der Waals surface area contributed by atoms with E-state index in [1.807, 2.05) is 0 Å². The molecule has 10 rings (SSSR count). The first-order valence-corrected chi connectivity index (χ1v) is 23.3. The zero-order chi connectivity index (χ0) is 43.9. The van der Waals surface area contributed by atoms with Gasteiger partial charge in [-0.15, -0.1) is 0 Å². The molecule has 0 amide bonds. The zero-order valence-corrected chi connectivity index (χ0v) is 39.7. The van der Waals surface area contributed by atoms with Gasteiger partial charge < -0.3 is 14.7 Å². The van der Waals surface area contributed by atoms with Crippen molar-refractivity contribution < 1.29 is 0 Å². The van der Waals surface area contributed by atoms with Crippen LogP contribution in [0.25, 0.3) is 0 Å². The lowest BCUT2D eigenvalue weighted by Crippen LogP contribution is -2.64. The summed E-state index contributed by atoms with van der Waals surface area (Å²) in [5.41, 5.74) is 22.7. The van der Waals surface area contributed by atoms with E-state index in [0.717, 1.165) is 6.42 Å². The van der Waals surface area contributed by atoms with Gasteiger partial charge in [0.25, 0.3) is 6.71 Å². The van der Waals surface area contributed by atoms with E-state index in [-0.39, 0.29) is 33.9 Å². The van der Waals surface area contributed by atoms with Gasteiger partial charge in [0.1, 0.15) is 0 Å². The summed E-state index contributed by atoms with van der Waals surface area (Å²) in [4.78, 5) is 8.01. The minimum absolute atomic E-state index is 0.00428. The Bertz CT molecular complexity index is 2680. The van der Waals surface area contributed by atoms with Gasteiger partial charge in [0.05, 0.1) is 11.2 Å². The quantitative estimate of drug-likeness (QED) is 0.164. The van der Waals surface area contributed by atoms with Crippen molar-refractivity contribution >= 4 is 68.6 Å². The highest BCUT2D eigenvalue weighted by atomic mass is 15.3. The highest BCUT2D eigenvalue weighted by Gasteiger charge is 2.61. The maximum absolute atomic E-state index is 2.89. The SMILES string of the molecule is Cc1ccc(N2c3ccc(C)cc3B3c4cc(C(C)(C)C)cc5c4N(c4cc(N(c6ccc(C(C)(C)C)cc6)c6ccc(C(C)(C)C)cc6)cc2c43)C2(C)CCCCC52C)cc1. The molecule has 4 heteroatoms. The lowest BCUT2D eigenvalue weighted by atomic mass is 9.33. The molecule has 2 unspecified atom stereocenters. The Labute approximate surface area is 373 Å². The maximum atomic E-state index is 2.89. The van der Waals surface area contributed by atoms with Gasteiger partial charge >= 0.3 is 0 Å². The highest BCUT2D eigenvalue weighted by molar-refractivity contribution is 7.00. The first-order chi connectivity index (χ1) is 29.2. The first-order valence-electron chi connectivity index (χ1n) is 23.3. The van der Waals surface area contributed by atoms with Gasteiger partial charge in [-0.3, -0.25) is 0 Å². The van der Waals surface area contributed by atoms with Gasteiger partial charge in [0.2, 0.25) is 0 Å². The molecule has 0 bridgehead atoms. The second kappa shape index (κ2) is 13.6. The lowest BCUT2D eigenvalue weighted by Gasteiger charge is -2.53. The average molecular weight is 816 g/mol. The van der Waals surface area contributed by atoms with Crippen LogP contribution in [0.15, 0.2) is 115 Å². The van der Waals surface area contributed by atoms with Crippen LogP contribution in [0.3, 0.4) is 0 Å². The van der Waals surface area contributed by atoms with Crippen molar-refractivity contribution in [2.75, 3.05) is 14.7 Å². The van der Waals surface area contributed by atoms with E-state index in [4.69, 9.17) is 0 Å². The van der Waals surface area contributed by atoms with E-state index >= 15 is 0 Å². The fourth-order valence-corrected chi connectivity index (χ4v) is 11.7. The summed E-state index contributed by atoms with van der Waals surface area (Å²) in [5, 5.41) is 0. The van der Waals surface area contributed by atoms with Crippen molar-refractivity contribution in [3.05, 3.63) is 149 Å². The molecule has 316 valence electrons. The Morgan fingerprint density at radius 2 is 1.06 bits per heavy atom. The van der Waals surface area contributed by atoms with Gasteiger partial charge in [0, 0.05) is 45.2 Å². The molecule has 0 spiro atoms. The van der Waals surface area contributed by atoms with E-state index in [2.05, 4.69) is 220 Å².